The first-order valence-electron chi connectivity index (χ1n) is 7.03. The van der Waals surface area contributed by atoms with E-state index in [1.165, 1.54) is 4.57 Å². The van der Waals surface area contributed by atoms with Gasteiger partial charge in [-0.25, -0.2) is 8.78 Å². The quantitative estimate of drug-likeness (QED) is 0.787. The maximum absolute atomic E-state index is 13.7. The Bertz CT molecular complexity index is 660. The van der Waals surface area contributed by atoms with E-state index in [-0.39, 0.29) is 24.5 Å². The summed E-state index contributed by atoms with van der Waals surface area (Å²) < 4.78 is 33.5. The summed E-state index contributed by atoms with van der Waals surface area (Å²) in [5.41, 5.74) is 0.941. The smallest absolute Gasteiger partial charge is 0.313 e. The molecular weight excluding hydrogens is 280 g/mol. The Morgan fingerprint density at radius 3 is 2.95 bits per heavy atom. The highest BCUT2D eigenvalue weighted by Gasteiger charge is 2.39. The number of esters is 1. The number of fused-ring (bicyclic) bond motifs is 2. The lowest BCUT2D eigenvalue weighted by Crippen LogP contribution is -2.32. The molecule has 1 aromatic rings. The van der Waals surface area contributed by atoms with Crippen molar-refractivity contribution in [3.05, 3.63) is 29.1 Å². The number of carbonyl (C=O) groups is 2. The number of ketones is 1. The monoisotopic (exact) mass is 295 g/mol. The van der Waals surface area contributed by atoms with Gasteiger partial charge < -0.3 is 9.30 Å². The van der Waals surface area contributed by atoms with Crippen molar-refractivity contribution in [1.82, 2.24) is 4.57 Å². The Balaban J connectivity index is 2.11. The first kappa shape index (κ1) is 14.0. The normalized spacial score (nSPS) is 21.1. The van der Waals surface area contributed by atoms with E-state index in [4.69, 9.17) is 4.74 Å². The van der Waals surface area contributed by atoms with Crippen LogP contribution in [-0.2, 0) is 20.7 Å². The fourth-order valence-corrected chi connectivity index (χ4v) is 3.18. The molecule has 1 unspecified atom stereocenters. The summed E-state index contributed by atoms with van der Waals surface area (Å²) in [6.07, 6.45) is 2.57. The minimum atomic E-state index is -0.979. The molecule has 0 saturated heterocycles. The number of carbonyl (C=O) groups excluding carboxylic acids is 2. The Morgan fingerprint density at radius 1 is 1.48 bits per heavy atom. The predicted molar refractivity (Wildman–Crippen MR) is 70.2 cm³/mol. The molecule has 0 fully saturated rings. The zero-order valence-electron chi connectivity index (χ0n) is 11.6. The highest BCUT2D eigenvalue weighted by Crippen LogP contribution is 2.39. The van der Waals surface area contributed by atoms with Gasteiger partial charge in [-0.1, -0.05) is 0 Å². The molecule has 0 saturated carbocycles. The van der Waals surface area contributed by atoms with Gasteiger partial charge in [0.15, 0.2) is 17.4 Å². The fourth-order valence-electron chi connectivity index (χ4n) is 3.18. The Hall–Kier alpha value is -1.98. The second kappa shape index (κ2) is 5.09. The van der Waals surface area contributed by atoms with Crippen LogP contribution < -0.4 is 0 Å². The summed E-state index contributed by atoms with van der Waals surface area (Å²) >= 11 is 0. The van der Waals surface area contributed by atoms with Crippen molar-refractivity contribution in [2.75, 3.05) is 6.61 Å². The lowest BCUT2D eigenvalue weighted by molar-refractivity contribution is -0.147. The number of nitrogens with zero attached hydrogens (tertiary/aromatic N) is 1. The SMILES string of the molecule is CCOC(=O)C1CCCC2=C1C(=O)Cc1c(F)c(F)cn12. The van der Waals surface area contributed by atoms with Crippen LogP contribution in [0, 0.1) is 17.6 Å². The summed E-state index contributed by atoms with van der Waals surface area (Å²) in [4.78, 5) is 24.3. The van der Waals surface area contributed by atoms with Crippen molar-refractivity contribution in [2.24, 2.45) is 5.92 Å². The second-order valence-electron chi connectivity index (χ2n) is 5.26. The highest BCUT2D eigenvalue weighted by molar-refractivity contribution is 6.07. The largest absolute Gasteiger partial charge is 0.466 e. The van der Waals surface area contributed by atoms with Crippen molar-refractivity contribution in [3.8, 4) is 0 Å². The summed E-state index contributed by atoms with van der Waals surface area (Å²) in [5, 5.41) is 0. The molecule has 6 heteroatoms. The van der Waals surface area contributed by atoms with Gasteiger partial charge in [0.2, 0.25) is 0 Å². The van der Waals surface area contributed by atoms with Gasteiger partial charge in [0.1, 0.15) is 0 Å². The van der Waals surface area contributed by atoms with Gasteiger partial charge in [0, 0.05) is 17.5 Å². The van der Waals surface area contributed by atoms with Gasteiger partial charge in [-0.05, 0) is 26.2 Å². The van der Waals surface area contributed by atoms with E-state index in [9.17, 15) is 18.4 Å². The lowest BCUT2D eigenvalue weighted by atomic mass is 9.80. The van der Waals surface area contributed by atoms with Crippen LogP contribution in [0.5, 0.6) is 0 Å². The second-order valence-corrected chi connectivity index (χ2v) is 5.26. The molecule has 0 radical (unpaired) electrons. The van der Waals surface area contributed by atoms with E-state index in [1.54, 1.807) is 6.92 Å². The molecule has 3 rings (SSSR count). The number of ether oxygens (including phenoxy) is 1. The minimum Gasteiger partial charge on any atom is -0.466 e. The van der Waals surface area contributed by atoms with Gasteiger partial charge in [-0.3, -0.25) is 9.59 Å². The van der Waals surface area contributed by atoms with Crippen molar-refractivity contribution in [1.29, 1.82) is 0 Å². The van der Waals surface area contributed by atoms with Crippen LogP contribution in [0.25, 0.3) is 5.70 Å². The number of hydrogen-bond acceptors (Lipinski definition) is 3. The van der Waals surface area contributed by atoms with Crippen LogP contribution in [0.15, 0.2) is 11.8 Å². The van der Waals surface area contributed by atoms with Crippen LogP contribution in [0.3, 0.4) is 0 Å². The third-order valence-electron chi connectivity index (χ3n) is 4.05. The number of rotatable bonds is 2. The average molecular weight is 295 g/mol. The number of hydrogen-bond donors (Lipinski definition) is 0. The zero-order chi connectivity index (χ0) is 15.1. The Kier molecular flexibility index (Phi) is 3.39. The van der Waals surface area contributed by atoms with Crippen LogP contribution in [0.1, 0.15) is 31.9 Å². The minimum absolute atomic E-state index is 0.0424. The van der Waals surface area contributed by atoms with Crippen LogP contribution >= 0.6 is 0 Å². The maximum atomic E-state index is 13.7. The number of allylic oxidation sites excluding steroid dienone is 1. The summed E-state index contributed by atoms with van der Waals surface area (Å²) in [6, 6.07) is 0. The van der Waals surface area contributed by atoms with Crippen LogP contribution in [0.2, 0.25) is 0 Å². The third-order valence-corrected chi connectivity index (χ3v) is 4.05. The van der Waals surface area contributed by atoms with Gasteiger partial charge in [0.05, 0.1) is 24.6 Å². The van der Waals surface area contributed by atoms with Crippen LogP contribution in [-0.4, -0.2) is 22.9 Å². The van der Waals surface area contributed by atoms with Gasteiger partial charge >= 0.3 is 5.97 Å². The molecule has 21 heavy (non-hydrogen) atoms. The molecule has 0 N–H and O–H groups in total. The van der Waals surface area contributed by atoms with Crippen molar-refractivity contribution >= 4 is 17.4 Å². The molecule has 112 valence electrons. The van der Waals surface area contributed by atoms with Gasteiger partial charge in [0.25, 0.3) is 0 Å². The first-order chi connectivity index (χ1) is 10.0. The molecular formula is C15H15F2NO3. The van der Waals surface area contributed by atoms with E-state index in [0.29, 0.717) is 30.5 Å². The molecule has 4 nitrogen and oxygen atoms in total. The predicted octanol–water partition coefficient (Wildman–Crippen LogP) is 2.47. The summed E-state index contributed by atoms with van der Waals surface area (Å²) in [7, 11) is 0. The lowest BCUT2D eigenvalue weighted by Gasteiger charge is -2.30. The molecule has 0 amide bonds. The molecule has 0 aromatic carbocycles. The highest BCUT2D eigenvalue weighted by atomic mass is 19.2. The number of aromatic nitrogens is 1. The van der Waals surface area contributed by atoms with Gasteiger partial charge in [-0.2, -0.15) is 0 Å². The first-order valence-corrected chi connectivity index (χ1v) is 7.03. The van der Waals surface area contributed by atoms with Crippen molar-refractivity contribution in [3.63, 3.8) is 0 Å². The standard InChI is InChI=1S/C15H15F2NO3/c1-2-21-15(20)8-4-3-5-10-13(8)12(19)6-11-14(17)9(16)7-18(10)11/h7-8H,2-6H2,1H3. The fraction of sp³-hybridized carbons (Fsp3) is 0.467. The molecule has 1 aliphatic heterocycles. The number of Topliss-reactive ketones (excluding diaryl/α,β-unsaturated/α-hetero) is 1. The maximum Gasteiger partial charge on any atom is 0.313 e. The van der Waals surface area contributed by atoms with E-state index in [0.717, 1.165) is 6.20 Å². The van der Waals surface area contributed by atoms with E-state index in [1.807, 2.05) is 0 Å². The molecule has 0 bridgehead atoms. The molecule has 2 heterocycles. The van der Waals surface area contributed by atoms with E-state index in [2.05, 4.69) is 0 Å². The van der Waals surface area contributed by atoms with Crippen LogP contribution in [0.4, 0.5) is 8.78 Å². The van der Waals surface area contributed by atoms with Crippen molar-refractivity contribution < 1.29 is 23.1 Å². The molecule has 1 atom stereocenters. The Labute approximate surface area is 120 Å². The molecule has 2 aliphatic rings. The van der Waals surface area contributed by atoms with Crippen molar-refractivity contribution in [2.45, 2.75) is 32.6 Å². The summed E-state index contributed by atoms with van der Waals surface area (Å²) in [6.45, 7) is 1.94. The van der Waals surface area contributed by atoms with E-state index < -0.39 is 23.5 Å². The average Bonchev–Trinajstić information content (AvgIpc) is 2.75. The topological polar surface area (TPSA) is 48.3 Å². The molecule has 1 aromatic heterocycles. The van der Waals surface area contributed by atoms with E-state index >= 15 is 0 Å². The third kappa shape index (κ3) is 2.09. The molecule has 0 spiro atoms. The van der Waals surface area contributed by atoms with Gasteiger partial charge in [-0.15, -0.1) is 0 Å². The number of halogens is 2. The molecule has 1 aliphatic carbocycles. The Morgan fingerprint density at radius 2 is 2.24 bits per heavy atom. The summed E-state index contributed by atoms with van der Waals surface area (Å²) in [5.74, 6) is -3.32. The zero-order valence-corrected chi connectivity index (χ0v) is 11.6.